The summed E-state index contributed by atoms with van der Waals surface area (Å²) in [5, 5.41) is 9.94. The number of fused-ring (bicyclic) bond motifs is 3. The van der Waals surface area contributed by atoms with Gasteiger partial charge < -0.3 is 19.3 Å². The molecule has 0 radical (unpaired) electrons. The average molecular weight is 385 g/mol. The monoisotopic (exact) mass is 385 g/mol. The van der Waals surface area contributed by atoms with Crippen molar-refractivity contribution in [1.82, 2.24) is 0 Å². The van der Waals surface area contributed by atoms with Crippen LogP contribution in [0.3, 0.4) is 0 Å². The number of aryl methyl sites for hydroxylation is 1. The van der Waals surface area contributed by atoms with Crippen molar-refractivity contribution in [3.63, 3.8) is 0 Å². The lowest BCUT2D eigenvalue weighted by molar-refractivity contribution is -0.139. The summed E-state index contributed by atoms with van der Waals surface area (Å²) < 4.78 is 16.9. The van der Waals surface area contributed by atoms with Crippen LogP contribution < -0.4 is 14.2 Å². The molecule has 2 unspecified atom stereocenters. The zero-order valence-electron chi connectivity index (χ0n) is 14.8. The molecule has 140 valence electrons. The quantitative estimate of drug-likeness (QED) is 0.820. The molecule has 4 rings (SSSR count). The number of para-hydroxylation sites is 1. The van der Waals surface area contributed by atoms with Crippen molar-refractivity contribution in [2.45, 2.75) is 18.2 Å². The Hall–Kier alpha value is -2.67. The molecule has 0 fully saturated rings. The van der Waals surface area contributed by atoms with Gasteiger partial charge in [-0.2, -0.15) is 0 Å². The fourth-order valence-electron chi connectivity index (χ4n) is 3.16. The van der Waals surface area contributed by atoms with Gasteiger partial charge in [0, 0.05) is 5.56 Å². The predicted molar refractivity (Wildman–Crippen MR) is 103 cm³/mol. The topological polar surface area (TPSA) is 77.3 Å². The van der Waals surface area contributed by atoms with Gasteiger partial charge in [0.05, 0.1) is 11.3 Å². The lowest BCUT2D eigenvalue weighted by Gasteiger charge is -2.26. The Morgan fingerprint density at radius 3 is 2.96 bits per heavy atom. The Morgan fingerprint density at radius 2 is 2.15 bits per heavy atom. The normalized spacial score (nSPS) is 20.1. The highest BCUT2D eigenvalue weighted by atomic mass is 32.2. The molecule has 7 heteroatoms. The van der Waals surface area contributed by atoms with Crippen LogP contribution in [0.5, 0.6) is 17.2 Å². The van der Waals surface area contributed by atoms with Gasteiger partial charge in [0.2, 0.25) is 0 Å². The number of rotatable bonds is 6. The molecule has 2 aliphatic heterocycles. The minimum absolute atomic E-state index is 0.118. The van der Waals surface area contributed by atoms with E-state index in [2.05, 4.69) is 6.07 Å². The van der Waals surface area contributed by atoms with Crippen molar-refractivity contribution in [3.05, 3.63) is 53.6 Å². The first kappa shape index (κ1) is 17.7. The molecule has 2 aliphatic rings. The largest absolute Gasteiger partial charge is 0.492 e. The summed E-state index contributed by atoms with van der Waals surface area (Å²) in [4.78, 5) is 15.5. The Balaban J connectivity index is 1.40. The second-order valence-corrected chi connectivity index (χ2v) is 7.68. The van der Waals surface area contributed by atoms with Crippen LogP contribution in [0.25, 0.3) is 0 Å². The van der Waals surface area contributed by atoms with E-state index < -0.39 is 5.97 Å². The summed E-state index contributed by atoms with van der Waals surface area (Å²) in [5.41, 5.74) is 1.96. The maximum Gasteiger partial charge on any atom is 0.341 e. The number of aliphatic imine (C=N–C) groups is 1. The number of ether oxygens (including phenoxy) is 3. The molecule has 27 heavy (non-hydrogen) atoms. The highest BCUT2D eigenvalue weighted by Crippen LogP contribution is 2.44. The van der Waals surface area contributed by atoms with Gasteiger partial charge in [-0.25, -0.2) is 4.79 Å². The molecule has 2 atom stereocenters. The van der Waals surface area contributed by atoms with Crippen molar-refractivity contribution in [2.75, 3.05) is 19.8 Å². The fourth-order valence-corrected chi connectivity index (χ4v) is 4.28. The summed E-state index contributed by atoms with van der Waals surface area (Å²) >= 11 is 1.71. The van der Waals surface area contributed by atoms with Gasteiger partial charge in [-0.3, -0.25) is 4.99 Å². The molecular formula is C20H19NO5S. The second kappa shape index (κ2) is 7.52. The third-order valence-corrected chi connectivity index (χ3v) is 5.62. The van der Waals surface area contributed by atoms with Crippen LogP contribution in [0, 0.1) is 6.92 Å². The maximum atomic E-state index is 10.6. The molecule has 2 aromatic rings. The zero-order valence-corrected chi connectivity index (χ0v) is 15.6. The van der Waals surface area contributed by atoms with E-state index in [4.69, 9.17) is 24.3 Å². The maximum absolute atomic E-state index is 10.6. The number of nitrogens with zero attached hydrogens (tertiary/aromatic N) is 1. The second-order valence-electron chi connectivity index (χ2n) is 6.37. The Kier molecular flexibility index (Phi) is 4.94. The van der Waals surface area contributed by atoms with Crippen LogP contribution in [0.4, 0.5) is 0 Å². The fraction of sp³-hybridized carbons (Fsp3) is 0.300. The minimum Gasteiger partial charge on any atom is -0.492 e. The molecule has 0 bridgehead atoms. The van der Waals surface area contributed by atoms with Crippen LogP contribution in [0.1, 0.15) is 17.2 Å². The predicted octanol–water partition coefficient (Wildman–Crippen LogP) is 3.48. The number of carboxylic acid groups (broad SMARTS) is 1. The van der Waals surface area contributed by atoms with Crippen molar-refractivity contribution in [3.8, 4) is 17.2 Å². The number of benzene rings is 2. The molecule has 2 heterocycles. The molecule has 6 nitrogen and oxygen atoms in total. The van der Waals surface area contributed by atoms with Crippen LogP contribution in [-0.4, -0.2) is 41.2 Å². The molecule has 1 N–H and O–H groups in total. The SMILES string of the molecule is Cc1cc(OCC2=NC3c4ccccc4OCC3S2)ccc1OCC(=O)O. The van der Waals surface area contributed by atoms with Crippen molar-refractivity contribution in [1.29, 1.82) is 0 Å². The minimum atomic E-state index is -1.00. The lowest BCUT2D eigenvalue weighted by atomic mass is 10.0. The number of carbonyl (C=O) groups is 1. The van der Waals surface area contributed by atoms with Crippen LogP contribution in [0.2, 0.25) is 0 Å². The molecule has 0 saturated carbocycles. The van der Waals surface area contributed by atoms with Crippen molar-refractivity contribution in [2.24, 2.45) is 4.99 Å². The van der Waals surface area contributed by atoms with Crippen LogP contribution in [0.15, 0.2) is 47.5 Å². The van der Waals surface area contributed by atoms with Gasteiger partial charge in [-0.15, -0.1) is 0 Å². The lowest BCUT2D eigenvalue weighted by Crippen LogP contribution is -2.24. The Bertz CT molecular complexity index is 898. The van der Waals surface area contributed by atoms with E-state index in [0.717, 1.165) is 21.9 Å². The molecular weight excluding hydrogens is 366 g/mol. The summed E-state index contributed by atoms with van der Waals surface area (Å²) in [7, 11) is 0. The molecule has 2 aromatic carbocycles. The van der Waals surface area contributed by atoms with E-state index in [-0.39, 0.29) is 17.9 Å². The molecule has 0 aliphatic carbocycles. The summed E-state index contributed by atoms with van der Waals surface area (Å²) in [5.74, 6) is 1.15. The van der Waals surface area contributed by atoms with Crippen LogP contribution >= 0.6 is 11.8 Å². The first-order valence-corrected chi connectivity index (χ1v) is 9.51. The number of hydrogen-bond acceptors (Lipinski definition) is 6. The van der Waals surface area contributed by atoms with E-state index >= 15 is 0 Å². The third kappa shape index (κ3) is 3.88. The standard InChI is InChI=1S/C20H19NO5S/c1-12-8-13(6-7-15(12)26-11-19(22)23)24-10-18-21-20-14-4-2-3-5-16(14)25-9-17(20)27-18/h2-8,17,20H,9-11H2,1H3,(H,22,23). The van der Waals surface area contributed by atoms with E-state index in [0.29, 0.717) is 24.7 Å². The highest BCUT2D eigenvalue weighted by molar-refractivity contribution is 8.14. The smallest absolute Gasteiger partial charge is 0.341 e. The first-order chi connectivity index (χ1) is 13.1. The van der Waals surface area contributed by atoms with E-state index in [1.165, 1.54) is 0 Å². The van der Waals surface area contributed by atoms with Gasteiger partial charge in [-0.1, -0.05) is 30.0 Å². The Morgan fingerprint density at radius 1 is 1.30 bits per heavy atom. The third-order valence-electron chi connectivity index (χ3n) is 4.42. The molecule has 0 saturated heterocycles. The van der Waals surface area contributed by atoms with E-state index in [9.17, 15) is 4.79 Å². The van der Waals surface area contributed by atoms with Gasteiger partial charge >= 0.3 is 5.97 Å². The number of hydrogen-bond donors (Lipinski definition) is 1. The van der Waals surface area contributed by atoms with E-state index in [1.807, 2.05) is 31.2 Å². The van der Waals surface area contributed by atoms with Gasteiger partial charge in [0.1, 0.15) is 35.5 Å². The van der Waals surface area contributed by atoms with Gasteiger partial charge in [0.15, 0.2) is 6.61 Å². The Labute approximate surface area is 161 Å². The zero-order chi connectivity index (χ0) is 18.8. The van der Waals surface area contributed by atoms with Crippen molar-refractivity contribution >= 4 is 22.8 Å². The summed E-state index contributed by atoms with van der Waals surface area (Å²) in [6.45, 7) is 2.54. The van der Waals surface area contributed by atoms with E-state index in [1.54, 1.807) is 23.9 Å². The first-order valence-electron chi connectivity index (χ1n) is 8.63. The molecule has 0 amide bonds. The van der Waals surface area contributed by atoms with Gasteiger partial charge in [0.25, 0.3) is 0 Å². The van der Waals surface area contributed by atoms with Crippen molar-refractivity contribution < 1.29 is 24.1 Å². The molecule has 0 spiro atoms. The summed E-state index contributed by atoms with van der Waals surface area (Å²) in [6.07, 6.45) is 0. The average Bonchev–Trinajstić information content (AvgIpc) is 3.09. The number of thioether (sulfide) groups is 1. The molecule has 0 aromatic heterocycles. The number of aliphatic carboxylic acids is 1. The highest BCUT2D eigenvalue weighted by Gasteiger charge is 2.36. The van der Waals surface area contributed by atoms with Crippen LogP contribution in [-0.2, 0) is 4.79 Å². The summed E-state index contributed by atoms with van der Waals surface area (Å²) in [6, 6.07) is 13.5. The van der Waals surface area contributed by atoms with Gasteiger partial charge in [-0.05, 0) is 36.8 Å². The number of carboxylic acids is 1.